The van der Waals surface area contributed by atoms with Crippen LogP contribution in [0, 0.1) is 5.92 Å². The fraction of sp³-hybridized carbons (Fsp3) is 0.583. The van der Waals surface area contributed by atoms with Gasteiger partial charge >= 0.3 is 0 Å². The van der Waals surface area contributed by atoms with Crippen LogP contribution in [0.1, 0.15) is 26.0 Å². The molecule has 0 saturated carbocycles. The van der Waals surface area contributed by atoms with Crippen molar-refractivity contribution in [3.8, 4) is 0 Å². The Kier molecular flexibility index (Phi) is 3.60. The van der Waals surface area contributed by atoms with E-state index in [1.165, 1.54) is 6.42 Å². The van der Waals surface area contributed by atoms with Gasteiger partial charge in [0.15, 0.2) is 0 Å². The van der Waals surface area contributed by atoms with E-state index in [1.807, 2.05) is 12.1 Å². The van der Waals surface area contributed by atoms with Gasteiger partial charge in [-0.1, -0.05) is 18.5 Å². The van der Waals surface area contributed by atoms with Crippen molar-refractivity contribution in [2.75, 3.05) is 11.4 Å². The predicted octanol–water partition coefficient (Wildman–Crippen LogP) is 3.71. The summed E-state index contributed by atoms with van der Waals surface area (Å²) < 4.78 is 0. The molecule has 0 N–H and O–H groups in total. The molecule has 2 unspecified atom stereocenters. The molecule has 1 aromatic rings. The Morgan fingerprint density at radius 2 is 2.19 bits per heavy atom. The van der Waals surface area contributed by atoms with Gasteiger partial charge in [-0.2, -0.15) is 0 Å². The number of rotatable bonds is 2. The first-order valence-corrected chi connectivity index (χ1v) is 6.51. The molecule has 0 radical (unpaired) electrons. The fourth-order valence-corrected chi connectivity index (χ4v) is 2.79. The second-order valence-electron chi connectivity index (χ2n) is 4.57. The Labute approximate surface area is 107 Å². The number of alkyl halides is 1. The third kappa shape index (κ3) is 2.28. The molecule has 1 aromatic heterocycles. The van der Waals surface area contributed by atoms with Gasteiger partial charge in [0.2, 0.25) is 0 Å². The van der Waals surface area contributed by atoms with Crippen LogP contribution in [0.15, 0.2) is 12.1 Å². The average Bonchev–Trinajstić information content (AvgIpc) is 2.59. The van der Waals surface area contributed by atoms with Crippen molar-refractivity contribution >= 4 is 29.0 Å². The summed E-state index contributed by atoms with van der Waals surface area (Å²) in [4.78, 5) is 6.85. The number of anilines is 1. The standard InChI is InChI=1S/C12H16Cl2N2/c1-8-5-9(2)16(7-8)12-4-3-10(14)11(6-13)15-12/h3-4,8-9H,5-7H2,1-2H3. The van der Waals surface area contributed by atoms with Crippen LogP contribution in [0.5, 0.6) is 0 Å². The molecule has 0 aromatic carbocycles. The highest BCUT2D eigenvalue weighted by atomic mass is 35.5. The molecule has 4 heteroatoms. The van der Waals surface area contributed by atoms with E-state index in [0.29, 0.717) is 16.9 Å². The van der Waals surface area contributed by atoms with Gasteiger partial charge in [-0.3, -0.25) is 0 Å². The van der Waals surface area contributed by atoms with Gasteiger partial charge in [0.1, 0.15) is 5.82 Å². The molecule has 16 heavy (non-hydrogen) atoms. The van der Waals surface area contributed by atoms with Crippen molar-refractivity contribution in [2.45, 2.75) is 32.2 Å². The zero-order valence-corrected chi connectivity index (χ0v) is 11.1. The summed E-state index contributed by atoms with van der Waals surface area (Å²) in [6, 6.07) is 4.41. The van der Waals surface area contributed by atoms with E-state index in [1.54, 1.807) is 0 Å². The first kappa shape index (κ1) is 12.0. The van der Waals surface area contributed by atoms with Crippen LogP contribution in [-0.4, -0.2) is 17.6 Å². The SMILES string of the molecule is CC1CC(C)N(c2ccc(Cl)c(CCl)n2)C1. The lowest BCUT2D eigenvalue weighted by Gasteiger charge is -2.23. The molecule has 0 aliphatic carbocycles. The Hall–Kier alpha value is -0.470. The van der Waals surface area contributed by atoms with E-state index in [9.17, 15) is 0 Å². The molecule has 1 saturated heterocycles. The van der Waals surface area contributed by atoms with Crippen LogP contribution in [0.25, 0.3) is 0 Å². The minimum absolute atomic E-state index is 0.366. The highest BCUT2D eigenvalue weighted by molar-refractivity contribution is 6.32. The molecule has 88 valence electrons. The van der Waals surface area contributed by atoms with Crippen molar-refractivity contribution in [2.24, 2.45) is 5.92 Å². The Balaban J connectivity index is 2.27. The normalized spacial score (nSPS) is 25.1. The van der Waals surface area contributed by atoms with Crippen LogP contribution < -0.4 is 4.90 Å². The van der Waals surface area contributed by atoms with Gasteiger partial charge in [0.05, 0.1) is 16.6 Å². The Morgan fingerprint density at radius 1 is 1.44 bits per heavy atom. The maximum absolute atomic E-state index is 6.00. The Bertz CT molecular complexity index is 381. The topological polar surface area (TPSA) is 16.1 Å². The smallest absolute Gasteiger partial charge is 0.129 e. The number of hydrogen-bond acceptors (Lipinski definition) is 2. The van der Waals surface area contributed by atoms with E-state index in [0.717, 1.165) is 24.0 Å². The highest BCUT2D eigenvalue weighted by Gasteiger charge is 2.27. The van der Waals surface area contributed by atoms with E-state index in [2.05, 4.69) is 23.7 Å². The van der Waals surface area contributed by atoms with Crippen molar-refractivity contribution in [3.63, 3.8) is 0 Å². The maximum atomic E-state index is 6.00. The molecule has 0 bridgehead atoms. The van der Waals surface area contributed by atoms with Crippen LogP contribution in [0.2, 0.25) is 5.02 Å². The summed E-state index contributed by atoms with van der Waals surface area (Å²) in [5.74, 6) is 2.09. The molecule has 2 nitrogen and oxygen atoms in total. The van der Waals surface area contributed by atoms with Crippen molar-refractivity contribution < 1.29 is 0 Å². The van der Waals surface area contributed by atoms with Crippen LogP contribution in [-0.2, 0) is 5.88 Å². The van der Waals surface area contributed by atoms with E-state index < -0.39 is 0 Å². The van der Waals surface area contributed by atoms with Crippen LogP contribution in [0.4, 0.5) is 5.82 Å². The molecule has 0 spiro atoms. The number of hydrogen-bond donors (Lipinski definition) is 0. The lowest BCUT2D eigenvalue weighted by Crippen LogP contribution is -2.27. The molecular formula is C12H16Cl2N2. The van der Waals surface area contributed by atoms with Gasteiger partial charge in [-0.15, -0.1) is 11.6 Å². The molecule has 2 atom stereocenters. The van der Waals surface area contributed by atoms with Crippen LogP contribution in [0.3, 0.4) is 0 Å². The maximum Gasteiger partial charge on any atom is 0.129 e. The fourth-order valence-electron chi connectivity index (χ4n) is 2.35. The first-order valence-electron chi connectivity index (χ1n) is 5.60. The summed E-state index contributed by atoms with van der Waals surface area (Å²) in [6.45, 7) is 5.58. The third-order valence-corrected chi connectivity index (χ3v) is 3.71. The number of aromatic nitrogens is 1. The summed E-state index contributed by atoms with van der Waals surface area (Å²) >= 11 is 11.8. The zero-order valence-electron chi connectivity index (χ0n) is 9.58. The number of halogens is 2. The van der Waals surface area contributed by atoms with Gasteiger partial charge in [0, 0.05) is 12.6 Å². The lowest BCUT2D eigenvalue weighted by molar-refractivity contribution is 0.625. The Morgan fingerprint density at radius 3 is 2.75 bits per heavy atom. The van der Waals surface area contributed by atoms with Crippen molar-refractivity contribution in [1.29, 1.82) is 0 Å². The summed E-state index contributed by atoms with van der Waals surface area (Å²) in [5.41, 5.74) is 0.771. The average molecular weight is 259 g/mol. The van der Waals surface area contributed by atoms with Gasteiger partial charge in [-0.25, -0.2) is 4.98 Å². The molecule has 0 amide bonds. The van der Waals surface area contributed by atoms with E-state index >= 15 is 0 Å². The van der Waals surface area contributed by atoms with E-state index in [-0.39, 0.29) is 0 Å². The quantitative estimate of drug-likeness (QED) is 0.753. The summed E-state index contributed by atoms with van der Waals surface area (Å²) in [7, 11) is 0. The molecule has 1 aliphatic heterocycles. The predicted molar refractivity (Wildman–Crippen MR) is 69.4 cm³/mol. The second-order valence-corrected chi connectivity index (χ2v) is 5.25. The third-order valence-electron chi connectivity index (χ3n) is 3.11. The number of nitrogens with zero attached hydrogens (tertiary/aromatic N) is 2. The zero-order chi connectivity index (χ0) is 11.7. The molecule has 1 fully saturated rings. The monoisotopic (exact) mass is 258 g/mol. The summed E-state index contributed by atoms with van der Waals surface area (Å²) in [6.07, 6.45) is 1.22. The largest absolute Gasteiger partial charge is 0.354 e. The van der Waals surface area contributed by atoms with Crippen molar-refractivity contribution in [1.82, 2.24) is 4.98 Å². The first-order chi connectivity index (χ1) is 7.61. The van der Waals surface area contributed by atoms with Crippen molar-refractivity contribution in [3.05, 3.63) is 22.8 Å². The molecule has 2 rings (SSSR count). The van der Waals surface area contributed by atoms with Gasteiger partial charge in [0.25, 0.3) is 0 Å². The van der Waals surface area contributed by atoms with E-state index in [4.69, 9.17) is 23.2 Å². The minimum atomic E-state index is 0.366. The van der Waals surface area contributed by atoms with Crippen LogP contribution >= 0.6 is 23.2 Å². The summed E-state index contributed by atoms with van der Waals surface area (Å²) in [5, 5.41) is 0.652. The highest BCUT2D eigenvalue weighted by Crippen LogP contribution is 2.29. The molecule has 2 heterocycles. The van der Waals surface area contributed by atoms with Gasteiger partial charge < -0.3 is 4.90 Å². The van der Waals surface area contributed by atoms with Gasteiger partial charge in [-0.05, 0) is 31.4 Å². The lowest BCUT2D eigenvalue weighted by atomic mass is 10.1. The second kappa shape index (κ2) is 4.80. The number of pyridine rings is 1. The minimum Gasteiger partial charge on any atom is -0.354 e. The molecular weight excluding hydrogens is 243 g/mol. The molecule has 1 aliphatic rings.